The Bertz CT molecular complexity index is 946. The van der Waals surface area contributed by atoms with Gasteiger partial charge in [-0.3, -0.25) is 4.40 Å². The number of imidazole rings is 1. The van der Waals surface area contributed by atoms with Gasteiger partial charge in [0.25, 0.3) is 0 Å². The highest BCUT2D eigenvalue weighted by Crippen LogP contribution is 2.27. The van der Waals surface area contributed by atoms with Crippen LogP contribution in [0.5, 0.6) is 11.6 Å². The van der Waals surface area contributed by atoms with Crippen molar-refractivity contribution >= 4 is 32.3 Å². The number of ether oxygens (including phenoxy) is 1. The molecule has 2 heterocycles. The van der Waals surface area contributed by atoms with E-state index in [2.05, 4.69) is 39.1 Å². The van der Waals surface area contributed by atoms with Crippen LogP contribution in [0.25, 0.3) is 16.4 Å². The molecule has 0 N–H and O–H groups in total. The molecule has 0 aliphatic rings. The zero-order chi connectivity index (χ0) is 14.2. The summed E-state index contributed by atoms with van der Waals surface area (Å²) < 4.78 is 9.00. The first kappa shape index (κ1) is 12.4. The first-order valence-corrected chi connectivity index (χ1v) is 7.38. The zero-order valence-corrected chi connectivity index (χ0v) is 12.6. The Balaban J connectivity index is 1.77. The number of nitrogens with zero attached hydrogens (tertiary/aromatic N) is 2. The number of halogens is 1. The number of pyridine rings is 1. The van der Waals surface area contributed by atoms with Crippen LogP contribution in [0.4, 0.5) is 0 Å². The molecule has 4 aromatic rings. The highest BCUT2D eigenvalue weighted by molar-refractivity contribution is 9.10. The monoisotopic (exact) mass is 338 g/mol. The van der Waals surface area contributed by atoms with E-state index in [0.29, 0.717) is 0 Å². The minimum Gasteiger partial charge on any atom is -0.440 e. The molecule has 0 aliphatic heterocycles. The van der Waals surface area contributed by atoms with Crippen LogP contribution in [0, 0.1) is 0 Å². The third kappa shape index (κ3) is 2.28. The third-order valence-electron chi connectivity index (χ3n) is 3.39. The van der Waals surface area contributed by atoms with Gasteiger partial charge in [0, 0.05) is 16.9 Å². The van der Waals surface area contributed by atoms with Crippen molar-refractivity contribution in [1.29, 1.82) is 0 Å². The Kier molecular flexibility index (Phi) is 2.89. The van der Waals surface area contributed by atoms with Crippen LogP contribution in [0.15, 0.2) is 71.5 Å². The summed E-state index contributed by atoms with van der Waals surface area (Å²) in [5.41, 5.74) is 0.872. The SMILES string of the molecule is Brc1ccc2cc(Oc3cccc4nccn34)ccc2c1. The van der Waals surface area contributed by atoms with Crippen molar-refractivity contribution < 1.29 is 4.74 Å². The third-order valence-corrected chi connectivity index (χ3v) is 3.88. The Morgan fingerprint density at radius 3 is 2.76 bits per heavy atom. The van der Waals surface area contributed by atoms with Gasteiger partial charge in [0.15, 0.2) is 0 Å². The second-order valence-corrected chi connectivity index (χ2v) is 5.69. The molecule has 0 saturated carbocycles. The fourth-order valence-corrected chi connectivity index (χ4v) is 2.76. The normalized spacial score (nSPS) is 11.1. The summed E-state index contributed by atoms with van der Waals surface area (Å²) in [7, 11) is 0. The van der Waals surface area contributed by atoms with E-state index in [1.165, 1.54) is 5.39 Å². The Labute approximate surface area is 129 Å². The lowest BCUT2D eigenvalue weighted by atomic mass is 10.1. The van der Waals surface area contributed by atoms with E-state index >= 15 is 0 Å². The van der Waals surface area contributed by atoms with Crippen molar-refractivity contribution in [3.05, 3.63) is 71.5 Å². The molecule has 0 aliphatic carbocycles. The lowest BCUT2D eigenvalue weighted by Gasteiger charge is -2.09. The molecule has 4 heteroatoms. The number of benzene rings is 2. The number of fused-ring (bicyclic) bond motifs is 2. The lowest BCUT2D eigenvalue weighted by Crippen LogP contribution is -1.92. The van der Waals surface area contributed by atoms with Crippen LogP contribution < -0.4 is 4.74 Å². The molecule has 0 saturated heterocycles. The second kappa shape index (κ2) is 4.90. The molecule has 2 aromatic heterocycles. The van der Waals surface area contributed by atoms with E-state index in [0.717, 1.165) is 27.1 Å². The van der Waals surface area contributed by atoms with Gasteiger partial charge in [0.2, 0.25) is 5.88 Å². The fraction of sp³-hybridized carbons (Fsp3) is 0. The summed E-state index contributed by atoms with van der Waals surface area (Å²) >= 11 is 3.49. The molecule has 3 nitrogen and oxygen atoms in total. The van der Waals surface area contributed by atoms with E-state index in [9.17, 15) is 0 Å². The molecule has 4 rings (SSSR count). The maximum atomic E-state index is 6.00. The molecule has 0 unspecified atom stereocenters. The van der Waals surface area contributed by atoms with Crippen molar-refractivity contribution in [2.75, 3.05) is 0 Å². The quantitative estimate of drug-likeness (QED) is 0.511. The molecule has 0 radical (unpaired) electrons. The standard InChI is InChI=1S/C17H11BrN2O/c18-14-6-4-13-11-15(7-5-12(13)10-14)21-17-3-1-2-16-19-8-9-20(16)17/h1-11H. The predicted octanol–water partition coefficient (Wildman–Crippen LogP) is 5.04. The summed E-state index contributed by atoms with van der Waals surface area (Å²) in [5.74, 6) is 1.56. The minimum absolute atomic E-state index is 0.751. The van der Waals surface area contributed by atoms with Gasteiger partial charge in [-0.25, -0.2) is 4.98 Å². The van der Waals surface area contributed by atoms with Crippen LogP contribution in [0.1, 0.15) is 0 Å². The number of aromatic nitrogens is 2. The average molecular weight is 339 g/mol. The first-order chi connectivity index (χ1) is 10.3. The molecule has 0 fully saturated rings. The maximum Gasteiger partial charge on any atom is 0.205 e. The highest BCUT2D eigenvalue weighted by atomic mass is 79.9. The predicted molar refractivity (Wildman–Crippen MR) is 86.9 cm³/mol. The summed E-state index contributed by atoms with van der Waals surface area (Å²) in [6.45, 7) is 0. The molecule has 2 aromatic carbocycles. The number of hydrogen-bond donors (Lipinski definition) is 0. The number of rotatable bonds is 2. The molecule has 0 atom stereocenters. The van der Waals surface area contributed by atoms with E-state index in [4.69, 9.17) is 4.74 Å². The van der Waals surface area contributed by atoms with Gasteiger partial charge >= 0.3 is 0 Å². The highest BCUT2D eigenvalue weighted by Gasteiger charge is 2.04. The molecular formula is C17H11BrN2O. The van der Waals surface area contributed by atoms with Crippen LogP contribution in [0.3, 0.4) is 0 Å². The first-order valence-electron chi connectivity index (χ1n) is 6.59. The van der Waals surface area contributed by atoms with Gasteiger partial charge in [-0.2, -0.15) is 0 Å². The van der Waals surface area contributed by atoms with Crippen LogP contribution in [-0.2, 0) is 0 Å². The van der Waals surface area contributed by atoms with Gasteiger partial charge in [0.1, 0.15) is 11.4 Å². The molecule has 0 amide bonds. The molecule has 0 bridgehead atoms. The summed E-state index contributed by atoms with van der Waals surface area (Å²) in [5, 5.41) is 2.33. The molecule has 21 heavy (non-hydrogen) atoms. The summed E-state index contributed by atoms with van der Waals surface area (Å²) in [6.07, 6.45) is 3.66. The van der Waals surface area contributed by atoms with Crippen LogP contribution in [-0.4, -0.2) is 9.38 Å². The van der Waals surface area contributed by atoms with E-state index in [1.807, 2.05) is 47.0 Å². The van der Waals surface area contributed by atoms with Crippen LogP contribution in [0.2, 0.25) is 0 Å². The average Bonchev–Trinajstić information content (AvgIpc) is 2.97. The van der Waals surface area contributed by atoms with Gasteiger partial charge in [-0.05, 0) is 47.2 Å². The summed E-state index contributed by atoms with van der Waals surface area (Å²) in [6, 6.07) is 18.1. The topological polar surface area (TPSA) is 26.5 Å². The van der Waals surface area contributed by atoms with Gasteiger partial charge in [-0.1, -0.05) is 34.1 Å². The second-order valence-electron chi connectivity index (χ2n) is 4.77. The number of hydrogen-bond acceptors (Lipinski definition) is 2. The van der Waals surface area contributed by atoms with Crippen molar-refractivity contribution in [2.45, 2.75) is 0 Å². The fourth-order valence-electron chi connectivity index (χ4n) is 2.38. The van der Waals surface area contributed by atoms with Crippen LogP contribution >= 0.6 is 15.9 Å². The van der Waals surface area contributed by atoms with Crippen molar-refractivity contribution in [3.8, 4) is 11.6 Å². The van der Waals surface area contributed by atoms with E-state index < -0.39 is 0 Å². The summed E-state index contributed by atoms with van der Waals surface area (Å²) in [4.78, 5) is 4.26. The Hall–Kier alpha value is -2.33. The molecule has 102 valence electrons. The van der Waals surface area contributed by atoms with Gasteiger partial charge in [-0.15, -0.1) is 0 Å². The van der Waals surface area contributed by atoms with Gasteiger partial charge < -0.3 is 4.74 Å². The largest absolute Gasteiger partial charge is 0.440 e. The lowest BCUT2D eigenvalue weighted by molar-refractivity contribution is 0.457. The molecular weight excluding hydrogens is 328 g/mol. The Morgan fingerprint density at radius 2 is 1.81 bits per heavy atom. The van der Waals surface area contributed by atoms with E-state index in [1.54, 1.807) is 6.20 Å². The minimum atomic E-state index is 0.751. The smallest absolute Gasteiger partial charge is 0.205 e. The van der Waals surface area contributed by atoms with Crippen molar-refractivity contribution in [3.63, 3.8) is 0 Å². The van der Waals surface area contributed by atoms with E-state index in [-0.39, 0.29) is 0 Å². The maximum absolute atomic E-state index is 6.00. The van der Waals surface area contributed by atoms with Crippen molar-refractivity contribution in [1.82, 2.24) is 9.38 Å². The van der Waals surface area contributed by atoms with Gasteiger partial charge in [0.05, 0.1) is 0 Å². The Morgan fingerprint density at radius 1 is 0.952 bits per heavy atom. The molecule has 0 spiro atoms. The zero-order valence-electron chi connectivity index (χ0n) is 11.0. The van der Waals surface area contributed by atoms with Crippen molar-refractivity contribution in [2.24, 2.45) is 0 Å².